The van der Waals surface area contributed by atoms with Crippen molar-refractivity contribution in [1.29, 1.82) is 0 Å². The Morgan fingerprint density at radius 3 is 2.62 bits per heavy atom. The van der Waals surface area contributed by atoms with Crippen LogP contribution in [0.2, 0.25) is 5.02 Å². The van der Waals surface area contributed by atoms with Crippen LogP contribution in [0.25, 0.3) is 0 Å². The predicted molar refractivity (Wildman–Crippen MR) is 103 cm³/mol. The Bertz CT molecular complexity index is 754. The Morgan fingerprint density at radius 1 is 1.19 bits per heavy atom. The van der Waals surface area contributed by atoms with Crippen molar-refractivity contribution >= 4 is 39.6 Å². The summed E-state index contributed by atoms with van der Waals surface area (Å²) >= 11 is 9.58. The third kappa shape index (κ3) is 7.06. The van der Waals surface area contributed by atoms with Gasteiger partial charge < -0.3 is 15.2 Å². The van der Waals surface area contributed by atoms with Gasteiger partial charge in [-0.1, -0.05) is 57.9 Å². The lowest BCUT2D eigenvalue weighted by molar-refractivity contribution is -0.137. The third-order valence-electron chi connectivity index (χ3n) is 3.72. The van der Waals surface area contributed by atoms with Crippen LogP contribution in [0.3, 0.4) is 0 Å². The molecule has 2 rings (SSSR count). The average Bonchev–Trinajstić information content (AvgIpc) is 2.62. The molecule has 0 aliphatic rings. The van der Waals surface area contributed by atoms with E-state index in [2.05, 4.69) is 21.2 Å². The number of ether oxygens (including phenoxy) is 1. The highest BCUT2D eigenvalue weighted by Crippen LogP contribution is 2.23. The predicted octanol–water partition coefficient (Wildman–Crippen LogP) is 4.80. The average molecular weight is 441 g/mol. The Labute approximate surface area is 165 Å². The number of hydrogen-bond acceptors (Lipinski definition) is 3. The van der Waals surface area contributed by atoms with Crippen molar-refractivity contribution in [1.82, 2.24) is 5.32 Å². The van der Waals surface area contributed by atoms with Crippen LogP contribution < -0.4 is 5.32 Å². The summed E-state index contributed by atoms with van der Waals surface area (Å²) in [4.78, 5) is 23.0. The van der Waals surface area contributed by atoms with Gasteiger partial charge in [0.05, 0.1) is 0 Å². The van der Waals surface area contributed by atoms with E-state index in [0.717, 1.165) is 15.6 Å². The van der Waals surface area contributed by atoms with Crippen LogP contribution in [0.1, 0.15) is 24.0 Å². The second-order valence-corrected chi connectivity index (χ2v) is 7.10. The molecule has 1 atom stereocenters. The molecule has 0 aromatic heterocycles. The minimum atomic E-state index is -0.921. The Hall–Kier alpha value is -2.05. The van der Waals surface area contributed by atoms with Gasteiger partial charge in [0.25, 0.3) is 0 Å². The molecule has 5 nitrogen and oxygen atoms in total. The van der Waals surface area contributed by atoms with Gasteiger partial charge in [0.15, 0.2) is 0 Å². The monoisotopic (exact) mass is 439 g/mol. The van der Waals surface area contributed by atoms with Crippen molar-refractivity contribution in [2.24, 2.45) is 0 Å². The van der Waals surface area contributed by atoms with E-state index in [9.17, 15) is 9.59 Å². The number of carbonyl (C=O) groups is 2. The summed E-state index contributed by atoms with van der Waals surface area (Å²) in [5.74, 6) is -0.921. The molecule has 0 saturated carbocycles. The molecule has 7 heteroatoms. The summed E-state index contributed by atoms with van der Waals surface area (Å²) in [5, 5.41) is 12.2. The third-order valence-corrected chi connectivity index (χ3v) is 4.58. The van der Waals surface area contributed by atoms with E-state index in [0.29, 0.717) is 11.4 Å². The summed E-state index contributed by atoms with van der Waals surface area (Å²) in [6.07, 6.45) is 0.0372. The Balaban J connectivity index is 1.98. The van der Waals surface area contributed by atoms with Crippen LogP contribution >= 0.6 is 27.5 Å². The first-order chi connectivity index (χ1) is 12.4. The first kappa shape index (κ1) is 20.3. The number of hydrogen-bond donors (Lipinski definition) is 2. The van der Waals surface area contributed by atoms with Gasteiger partial charge in [-0.3, -0.25) is 4.79 Å². The zero-order valence-corrected chi connectivity index (χ0v) is 16.3. The molecule has 0 spiro atoms. The van der Waals surface area contributed by atoms with E-state index in [1.54, 1.807) is 6.07 Å². The summed E-state index contributed by atoms with van der Waals surface area (Å²) in [6, 6.07) is 14.3. The molecule has 0 fully saturated rings. The van der Waals surface area contributed by atoms with Gasteiger partial charge in [-0.25, -0.2) is 4.79 Å². The minimum Gasteiger partial charge on any atom is -0.481 e. The molecule has 2 aromatic carbocycles. The maximum atomic E-state index is 12.1. The molecule has 0 heterocycles. The number of rotatable bonds is 8. The lowest BCUT2D eigenvalue weighted by atomic mass is 10.0. The summed E-state index contributed by atoms with van der Waals surface area (Å²) in [6.45, 7) is 0.149. The fourth-order valence-electron chi connectivity index (χ4n) is 2.42. The van der Waals surface area contributed by atoms with Crippen LogP contribution in [-0.2, 0) is 22.6 Å². The minimum absolute atomic E-state index is 0.0603. The molecule has 0 bridgehead atoms. The van der Waals surface area contributed by atoms with E-state index in [1.807, 2.05) is 42.5 Å². The quantitative estimate of drug-likeness (QED) is 0.618. The van der Waals surface area contributed by atoms with Crippen LogP contribution in [0.4, 0.5) is 4.79 Å². The van der Waals surface area contributed by atoms with E-state index < -0.39 is 18.1 Å². The van der Waals surface area contributed by atoms with Gasteiger partial charge in [0.1, 0.15) is 6.61 Å². The van der Waals surface area contributed by atoms with Gasteiger partial charge in [0.2, 0.25) is 0 Å². The van der Waals surface area contributed by atoms with Crippen molar-refractivity contribution in [3.8, 4) is 0 Å². The lowest BCUT2D eigenvalue weighted by Gasteiger charge is -2.19. The van der Waals surface area contributed by atoms with E-state index in [4.69, 9.17) is 21.4 Å². The topological polar surface area (TPSA) is 75.6 Å². The number of carboxylic acids is 1. The first-order valence-electron chi connectivity index (χ1n) is 8.07. The molecule has 1 amide bonds. The molecule has 1 unspecified atom stereocenters. The van der Waals surface area contributed by atoms with Crippen LogP contribution in [-0.4, -0.2) is 23.2 Å². The van der Waals surface area contributed by atoms with Crippen molar-refractivity contribution in [2.75, 3.05) is 0 Å². The zero-order valence-electron chi connectivity index (χ0n) is 14.0. The first-order valence-corrected chi connectivity index (χ1v) is 9.24. The Kier molecular flexibility index (Phi) is 7.94. The smallest absolute Gasteiger partial charge is 0.407 e. The van der Waals surface area contributed by atoms with Crippen molar-refractivity contribution < 1.29 is 19.4 Å². The Morgan fingerprint density at radius 2 is 1.92 bits per heavy atom. The highest BCUT2D eigenvalue weighted by atomic mass is 79.9. The number of halogens is 2. The van der Waals surface area contributed by atoms with E-state index in [-0.39, 0.29) is 19.4 Å². The van der Waals surface area contributed by atoms with E-state index in [1.165, 1.54) is 0 Å². The van der Waals surface area contributed by atoms with Crippen LogP contribution in [0, 0.1) is 0 Å². The van der Waals surface area contributed by atoms with Crippen LogP contribution in [0.15, 0.2) is 53.0 Å². The standard InChI is InChI=1S/C19H19BrClNO4/c20-15-6-8-17(21)14(10-15)11-16(7-9-18(23)24)22-19(25)26-12-13-4-2-1-3-5-13/h1-6,8,10,16H,7,9,11-12H2,(H,22,25)(H,23,24). The molecule has 0 radical (unpaired) electrons. The van der Waals surface area contributed by atoms with Crippen LogP contribution in [0.5, 0.6) is 0 Å². The number of carbonyl (C=O) groups excluding carboxylic acids is 1. The molecule has 0 saturated heterocycles. The molecule has 0 aliphatic carbocycles. The SMILES string of the molecule is O=C(O)CCC(Cc1cc(Br)ccc1Cl)NC(=O)OCc1ccccc1. The van der Waals surface area contributed by atoms with Crippen molar-refractivity contribution in [3.05, 3.63) is 69.2 Å². The number of alkyl carbamates (subject to hydrolysis) is 1. The number of carboxylic acid groups (broad SMARTS) is 1. The molecule has 138 valence electrons. The largest absolute Gasteiger partial charge is 0.481 e. The molecule has 26 heavy (non-hydrogen) atoms. The van der Waals surface area contributed by atoms with Gasteiger partial charge >= 0.3 is 12.1 Å². The maximum absolute atomic E-state index is 12.1. The molecular formula is C19H19BrClNO4. The molecule has 0 aliphatic heterocycles. The summed E-state index contributed by atoms with van der Waals surface area (Å²) < 4.78 is 6.08. The highest BCUT2D eigenvalue weighted by molar-refractivity contribution is 9.10. The highest BCUT2D eigenvalue weighted by Gasteiger charge is 2.17. The van der Waals surface area contributed by atoms with Gasteiger partial charge in [-0.15, -0.1) is 0 Å². The molecular weight excluding hydrogens is 422 g/mol. The maximum Gasteiger partial charge on any atom is 0.407 e. The molecule has 2 aromatic rings. The second kappa shape index (κ2) is 10.2. The number of nitrogens with one attached hydrogen (secondary N) is 1. The lowest BCUT2D eigenvalue weighted by Crippen LogP contribution is -2.37. The fraction of sp³-hybridized carbons (Fsp3) is 0.263. The van der Waals surface area contributed by atoms with Gasteiger partial charge in [-0.05, 0) is 42.2 Å². The van der Waals surface area contributed by atoms with Gasteiger partial charge in [-0.2, -0.15) is 0 Å². The number of aliphatic carboxylic acids is 1. The fourth-order valence-corrected chi connectivity index (χ4v) is 3.02. The van der Waals surface area contributed by atoms with E-state index >= 15 is 0 Å². The number of benzene rings is 2. The number of amides is 1. The summed E-state index contributed by atoms with van der Waals surface area (Å²) in [7, 11) is 0. The van der Waals surface area contributed by atoms with Gasteiger partial charge in [0, 0.05) is 22.0 Å². The van der Waals surface area contributed by atoms with Crippen molar-refractivity contribution in [2.45, 2.75) is 31.9 Å². The van der Waals surface area contributed by atoms with Crippen molar-refractivity contribution in [3.63, 3.8) is 0 Å². The zero-order chi connectivity index (χ0) is 18.9. The molecule has 2 N–H and O–H groups in total. The normalized spacial score (nSPS) is 11.6. The summed E-state index contributed by atoms with van der Waals surface area (Å²) in [5.41, 5.74) is 1.69. The second-order valence-electron chi connectivity index (χ2n) is 5.78.